The number of anilines is 5. The molecule has 0 aliphatic rings. The first-order valence-corrected chi connectivity index (χ1v) is 13.3. The molecule has 9 nitrogen and oxygen atoms in total. The van der Waals surface area contributed by atoms with Crippen molar-refractivity contribution < 1.29 is 14.4 Å². The number of hydrogen-bond acceptors (Lipinski definition) is 7. The smallest absolute Gasteiger partial charge is 0.255 e. The van der Waals surface area contributed by atoms with Gasteiger partial charge in [0.15, 0.2) is 0 Å². The highest BCUT2D eigenvalue weighted by Gasteiger charge is 2.16. The maximum absolute atomic E-state index is 12.9. The van der Waals surface area contributed by atoms with E-state index in [-0.39, 0.29) is 17.0 Å². The number of nitrogens with two attached hydrogens (primary N) is 1. The average Bonchev–Trinajstić information content (AvgIpc) is 2.97. The second-order valence-electron chi connectivity index (χ2n) is 10.7. The van der Waals surface area contributed by atoms with Gasteiger partial charge >= 0.3 is 0 Å². The van der Waals surface area contributed by atoms with Crippen LogP contribution in [0.3, 0.4) is 0 Å². The number of aldehydes is 1. The Labute approximate surface area is 244 Å². The summed E-state index contributed by atoms with van der Waals surface area (Å²) in [6.45, 7) is 6.48. The number of benzene rings is 4. The zero-order chi connectivity index (χ0) is 30.3. The van der Waals surface area contributed by atoms with E-state index in [1.165, 1.54) is 0 Å². The summed E-state index contributed by atoms with van der Waals surface area (Å²) >= 11 is 0. The lowest BCUT2D eigenvalue weighted by Crippen LogP contribution is -2.26. The van der Waals surface area contributed by atoms with E-state index in [2.05, 4.69) is 27.3 Å². The van der Waals surface area contributed by atoms with Gasteiger partial charge in [0, 0.05) is 40.3 Å². The quantitative estimate of drug-likeness (QED) is 0.143. The maximum atomic E-state index is 12.9. The normalized spacial score (nSPS) is 10.7. The number of nitrogens with zero attached hydrogens (tertiary/aromatic N) is 1. The van der Waals surface area contributed by atoms with Crippen LogP contribution in [0.25, 0.3) is 0 Å². The van der Waals surface area contributed by atoms with E-state index in [4.69, 9.17) is 5.73 Å². The van der Waals surface area contributed by atoms with E-state index in [1.54, 1.807) is 60.7 Å². The SMILES string of the molecule is CC(C)(C)Nc1ccc(NC(=O)c2ccc(CNc3ccc(Nc4ccc(C=O)cc4)c(C#N)c3)cc2)c(C(N)=O)c1. The molecule has 9 heteroatoms. The summed E-state index contributed by atoms with van der Waals surface area (Å²) < 4.78 is 0. The van der Waals surface area contributed by atoms with Crippen LogP contribution in [0.2, 0.25) is 0 Å². The summed E-state index contributed by atoms with van der Waals surface area (Å²) in [5, 5.41) is 22.2. The predicted octanol–water partition coefficient (Wildman–Crippen LogP) is 6.29. The van der Waals surface area contributed by atoms with Gasteiger partial charge in [0.25, 0.3) is 11.8 Å². The zero-order valence-corrected chi connectivity index (χ0v) is 23.6. The Morgan fingerprint density at radius 2 is 1.50 bits per heavy atom. The van der Waals surface area contributed by atoms with E-state index in [9.17, 15) is 19.6 Å². The number of hydrogen-bond donors (Lipinski definition) is 5. The summed E-state index contributed by atoms with van der Waals surface area (Å²) in [7, 11) is 0. The number of carbonyl (C=O) groups is 3. The topological polar surface area (TPSA) is 149 Å². The molecule has 0 atom stereocenters. The molecule has 4 aromatic rings. The minimum Gasteiger partial charge on any atom is -0.381 e. The molecule has 0 unspecified atom stereocenters. The molecule has 0 spiro atoms. The Morgan fingerprint density at radius 1 is 0.857 bits per heavy atom. The fourth-order valence-corrected chi connectivity index (χ4v) is 4.20. The van der Waals surface area contributed by atoms with Crippen molar-refractivity contribution >= 4 is 46.5 Å². The number of nitrogens with one attached hydrogen (secondary N) is 4. The van der Waals surface area contributed by atoms with Gasteiger partial charge in [0.1, 0.15) is 12.4 Å². The van der Waals surface area contributed by atoms with E-state index in [1.807, 2.05) is 45.0 Å². The van der Waals surface area contributed by atoms with Crippen LogP contribution in [0.4, 0.5) is 28.4 Å². The number of amides is 2. The molecule has 2 amide bonds. The number of carbonyl (C=O) groups excluding carboxylic acids is 3. The van der Waals surface area contributed by atoms with Crippen molar-refractivity contribution in [3.05, 3.63) is 113 Å². The zero-order valence-electron chi connectivity index (χ0n) is 23.6. The summed E-state index contributed by atoms with van der Waals surface area (Å²) in [6.07, 6.45) is 0.778. The molecular formula is C33H32N6O3. The summed E-state index contributed by atoms with van der Waals surface area (Å²) in [5.41, 5.74) is 11.2. The van der Waals surface area contributed by atoms with Gasteiger partial charge in [-0.2, -0.15) is 5.26 Å². The molecule has 6 N–H and O–H groups in total. The van der Waals surface area contributed by atoms with E-state index < -0.39 is 5.91 Å². The van der Waals surface area contributed by atoms with Gasteiger partial charge in [0.05, 0.1) is 22.5 Å². The Balaban J connectivity index is 1.38. The van der Waals surface area contributed by atoms with Crippen LogP contribution in [0.15, 0.2) is 84.9 Å². The van der Waals surface area contributed by atoms with Gasteiger partial charge in [-0.3, -0.25) is 14.4 Å². The second kappa shape index (κ2) is 12.7. The minimum atomic E-state index is -0.638. The lowest BCUT2D eigenvalue weighted by atomic mass is 10.1. The van der Waals surface area contributed by atoms with Gasteiger partial charge in [0.2, 0.25) is 0 Å². The van der Waals surface area contributed by atoms with Gasteiger partial charge in [-0.25, -0.2) is 0 Å². The van der Waals surface area contributed by atoms with Crippen LogP contribution in [0.1, 0.15) is 63.0 Å². The third kappa shape index (κ3) is 7.73. The fourth-order valence-electron chi connectivity index (χ4n) is 4.20. The third-order valence-electron chi connectivity index (χ3n) is 6.23. The van der Waals surface area contributed by atoms with Crippen molar-refractivity contribution in [1.82, 2.24) is 0 Å². The van der Waals surface area contributed by atoms with Crippen molar-refractivity contribution in [3.8, 4) is 6.07 Å². The molecular weight excluding hydrogens is 528 g/mol. The highest BCUT2D eigenvalue weighted by atomic mass is 16.2. The van der Waals surface area contributed by atoms with Gasteiger partial charge < -0.3 is 27.0 Å². The Hall–Kier alpha value is -5.62. The second-order valence-corrected chi connectivity index (χ2v) is 10.7. The molecule has 0 aromatic heterocycles. The van der Waals surface area contributed by atoms with E-state index in [0.29, 0.717) is 34.6 Å². The van der Waals surface area contributed by atoms with Crippen molar-refractivity contribution in [1.29, 1.82) is 5.26 Å². The molecule has 4 aromatic carbocycles. The largest absolute Gasteiger partial charge is 0.381 e. The monoisotopic (exact) mass is 560 g/mol. The highest BCUT2D eigenvalue weighted by Crippen LogP contribution is 2.25. The first-order chi connectivity index (χ1) is 20.0. The molecule has 0 radical (unpaired) electrons. The van der Waals surface area contributed by atoms with Crippen LogP contribution in [0.5, 0.6) is 0 Å². The Morgan fingerprint density at radius 3 is 2.12 bits per heavy atom. The molecule has 0 aliphatic heterocycles. The lowest BCUT2D eigenvalue weighted by molar-refractivity contribution is 0.100. The molecule has 0 fully saturated rings. The van der Waals surface area contributed by atoms with Crippen LogP contribution < -0.4 is 27.0 Å². The van der Waals surface area contributed by atoms with Gasteiger partial charge in [-0.05, 0) is 99.1 Å². The van der Waals surface area contributed by atoms with Crippen LogP contribution in [-0.2, 0) is 6.54 Å². The molecule has 0 bridgehead atoms. The number of primary amides is 1. The molecule has 0 heterocycles. The standard InChI is InChI=1S/C33H32N6O3/c1-33(2,3)39-27-13-15-30(28(17-27)31(35)41)38-32(42)23-8-4-21(5-9-23)19-36-26-12-14-29(24(16-26)18-34)37-25-10-6-22(20-40)7-11-25/h4-17,20,36-37,39H,19H2,1-3H3,(H2,35,41)(H,38,42). The molecule has 42 heavy (non-hydrogen) atoms. The number of nitriles is 1. The highest BCUT2D eigenvalue weighted by molar-refractivity contribution is 6.09. The minimum absolute atomic E-state index is 0.207. The lowest BCUT2D eigenvalue weighted by Gasteiger charge is -2.23. The Bertz CT molecular complexity index is 1650. The van der Waals surface area contributed by atoms with Gasteiger partial charge in [-0.1, -0.05) is 12.1 Å². The van der Waals surface area contributed by atoms with E-state index >= 15 is 0 Å². The Kier molecular flexibility index (Phi) is 8.88. The molecule has 212 valence electrons. The average molecular weight is 561 g/mol. The summed E-state index contributed by atoms with van der Waals surface area (Å²) in [6, 6.07) is 26.7. The van der Waals surface area contributed by atoms with Crippen LogP contribution in [0, 0.1) is 11.3 Å². The first-order valence-electron chi connectivity index (χ1n) is 13.3. The van der Waals surface area contributed by atoms with Crippen LogP contribution in [-0.4, -0.2) is 23.6 Å². The molecule has 4 rings (SSSR count). The molecule has 0 aliphatic carbocycles. The van der Waals surface area contributed by atoms with Crippen molar-refractivity contribution in [2.45, 2.75) is 32.9 Å². The van der Waals surface area contributed by atoms with Crippen LogP contribution >= 0.6 is 0 Å². The maximum Gasteiger partial charge on any atom is 0.255 e. The predicted molar refractivity (Wildman–Crippen MR) is 166 cm³/mol. The summed E-state index contributed by atoms with van der Waals surface area (Å²) in [4.78, 5) is 35.8. The first kappa shape index (κ1) is 29.4. The third-order valence-corrected chi connectivity index (χ3v) is 6.23. The molecule has 0 saturated heterocycles. The molecule has 0 saturated carbocycles. The van der Waals surface area contributed by atoms with Crippen molar-refractivity contribution in [3.63, 3.8) is 0 Å². The fraction of sp³-hybridized carbons (Fsp3) is 0.152. The number of rotatable bonds is 10. The van der Waals surface area contributed by atoms with Crippen molar-refractivity contribution in [2.24, 2.45) is 5.73 Å². The van der Waals surface area contributed by atoms with Gasteiger partial charge in [-0.15, -0.1) is 0 Å². The summed E-state index contributed by atoms with van der Waals surface area (Å²) in [5.74, 6) is -1.00. The van der Waals surface area contributed by atoms with E-state index in [0.717, 1.165) is 28.9 Å². The van der Waals surface area contributed by atoms with Crippen molar-refractivity contribution in [2.75, 3.05) is 21.3 Å².